The Hall–Kier alpha value is -0.340. The largest absolute Gasteiger partial charge is 0.368 e. The molecule has 96 valence electrons. The zero-order valence-electron chi connectivity index (χ0n) is 11.2. The molecule has 1 aromatic heterocycles. The van der Waals surface area contributed by atoms with Gasteiger partial charge in [-0.05, 0) is 67.8 Å². The van der Waals surface area contributed by atoms with E-state index in [2.05, 4.69) is 37.6 Å². The molecular formula is C15H24OS. The van der Waals surface area contributed by atoms with E-state index in [4.69, 9.17) is 4.74 Å². The highest BCUT2D eigenvalue weighted by atomic mass is 32.1. The number of hydrogen-bond donors (Lipinski definition) is 0. The summed E-state index contributed by atoms with van der Waals surface area (Å²) in [5.41, 5.74) is 1.20. The van der Waals surface area contributed by atoms with Crippen LogP contribution in [0, 0.1) is 5.92 Å². The highest BCUT2D eigenvalue weighted by Crippen LogP contribution is 2.34. The van der Waals surface area contributed by atoms with Crippen LogP contribution in [-0.4, -0.2) is 6.10 Å². The predicted molar refractivity (Wildman–Crippen MR) is 74.5 cm³/mol. The minimum atomic E-state index is -0.121. The molecule has 0 N–H and O–H groups in total. The highest BCUT2D eigenvalue weighted by molar-refractivity contribution is 7.08. The lowest BCUT2D eigenvalue weighted by atomic mass is 9.85. The molecule has 1 nitrogen and oxygen atoms in total. The Labute approximate surface area is 109 Å². The Morgan fingerprint density at radius 2 is 2.00 bits per heavy atom. The van der Waals surface area contributed by atoms with Gasteiger partial charge in [0, 0.05) is 0 Å². The van der Waals surface area contributed by atoms with E-state index in [1.807, 2.05) is 0 Å². The van der Waals surface area contributed by atoms with Crippen LogP contribution >= 0.6 is 11.3 Å². The standard InChI is InChI=1S/C15H24OS/c1-4-12-5-7-14(8-6-12)16-15(2,3)13-9-10-17-11-13/h9-12,14H,4-8H2,1-3H3. The van der Waals surface area contributed by atoms with Crippen molar-refractivity contribution in [3.05, 3.63) is 22.4 Å². The third kappa shape index (κ3) is 3.32. The van der Waals surface area contributed by atoms with Gasteiger partial charge in [-0.15, -0.1) is 0 Å². The summed E-state index contributed by atoms with van der Waals surface area (Å²) in [5.74, 6) is 0.944. The van der Waals surface area contributed by atoms with Gasteiger partial charge < -0.3 is 4.74 Å². The highest BCUT2D eigenvalue weighted by Gasteiger charge is 2.28. The first-order chi connectivity index (χ1) is 8.12. The van der Waals surface area contributed by atoms with Crippen molar-refractivity contribution in [2.45, 2.75) is 64.6 Å². The molecule has 0 amide bonds. The molecule has 1 heterocycles. The zero-order valence-corrected chi connectivity index (χ0v) is 12.1. The molecule has 1 aromatic rings. The third-order valence-electron chi connectivity index (χ3n) is 4.05. The molecule has 0 radical (unpaired) electrons. The van der Waals surface area contributed by atoms with Crippen LogP contribution in [-0.2, 0) is 10.3 Å². The maximum absolute atomic E-state index is 6.32. The van der Waals surface area contributed by atoms with Gasteiger partial charge in [0.15, 0.2) is 0 Å². The van der Waals surface area contributed by atoms with Crippen LogP contribution in [0.15, 0.2) is 16.8 Å². The van der Waals surface area contributed by atoms with Crippen molar-refractivity contribution in [2.24, 2.45) is 5.92 Å². The summed E-state index contributed by atoms with van der Waals surface area (Å²) in [6, 6.07) is 2.18. The summed E-state index contributed by atoms with van der Waals surface area (Å²) >= 11 is 1.75. The first-order valence-electron chi connectivity index (χ1n) is 6.82. The van der Waals surface area contributed by atoms with Gasteiger partial charge in [0.25, 0.3) is 0 Å². The van der Waals surface area contributed by atoms with Crippen molar-refractivity contribution >= 4 is 11.3 Å². The van der Waals surface area contributed by atoms with Gasteiger partial charge in [-0.2, -0.15) is 11.3 Å². The molecule has 1 aliphatic rings. The average Bonchev–Trinajstić information content (AvgIpc) is 2.84. The molecule has 1 saturated carbocycles. The molecule has 0 aromatic carbocycles. The zero-order chi connectivity index (χ0) is 12.3. The summed E-state index contributed by atoms with van der Waals surface area (Å²) in [6.45, 7) is 6.70. The van der Waals surface area contributed by atoms with Gasteiger partial charge in [-0.3, -0.25) is 0 Å². The van der Waals surface area contributed by atoms with Crippen LogP contribution < -0.4 is 0 Å². The lowest BCUT2D eigenvalue weighted by molar-refractivity contribution is -0.0933. The summed E-state index contributed by atoms with van der Waals surface area (Å²) in [4.78, 5) is 0. The van der Waals surface area contributed by atoms with Crippen molar-refractivity contribution in [3.8, 4) is 0 Å². The summed E-state index contributed by atoms with van der Waals surface area (Å²) in [6.07, 6.45) is 6.98. The van der Waals surface area contributed by atoms with Crippen molar-refractivity contribution in [1.82, 2.24) is 0 Å². The summed E-state index contributed by atoms with van der Waals surface area (Å²) < 4.78 is 6.32. The van der Waals surface area contributed by atoms with Gasteiger partial charge in [0.05, 0.1) is 11.7 Å². The van der Waals surface area contributed by atoms with Crippen LogP contribution in [0.2, 0.25) is 0 Å². The molecule has 0 saturated heterocycles. The summed E-state index contributed by atoms with van der Waals surface area (Å²) in [5, 5.41) is 4.34. The van der Waals surface area contributed by atoms with Crippen LogP contribution in [0.3, 0.4) is 0 Å². The second-order valence-electron chi connectivity index (χ2n) is 5.69. The van der Waals surface area contributed by atoms with Gasteiger partial charge in [-0.25, -0.2) is 0 Å². The number of rotatable bonds is 4. The van der Waals surface area contributed by atoms with Crippen molar-refractivity contribution < 1.29 is 4.74 Å². The molecule has 1 aliphatic carbocycles. The molecule has 1 fully saturated rings. The fraction of sp³-hybridized carbons (Fsp3) is 0.733. The van der Waals surface area contributed by atoms with Gasteiger partial charge in [0.1, 0.15) is 0 Å². The lowest BCUT2D eigenvalue weighted by Crippen LogP contribution is -2.31. The van der Waals surface area contributed by atoms with E-state index in [1.54, 1.807) is 11.3 Å². The average molecular weight is 252 g/mol. The van der Waals surface area contributed by atoms with Crippen LogP contribution in [0.5, 0.6) is 0 Å². The molecule has 17 heavy (non-hydrogen) atoms. The van der Waals surface area contributed by atoms with E-state index in [-0.39, 0.29) is 5.60 Å². The van der Waals surface area contributed by atoms with Gasteiger partial charge in [-0.1, -0.05) is 13.3 Å². The number of hydrogen-bond acceptors (Lipinski definition) is 2. The maximum Gasteiger partial charge on any atom is 0.0887 e. The molecule has 0 atom stereocenters. The van der Waals surface area contributed by atoms with Gasteiger partial charge >= 0.3 is 0 Å². The molecule has 0 unspecified atom stereocenters. The minimum absolute atomic E-state index is 0.121. The van der Waals surface area contributed by atoms with Crippen LogP contribution in [0.1, 0.15) is 58.4 Å². The Bertz CT molecular complexity index is 321. The fourth-order valence-corrected chi connectivity index (χ4v) is 3.56. The SMILES string of the molecule is CCC1CCC(OC(C)(C)c2ccsc2)CC1. The Morgan fingerprint density at radius 3 is 2.53 bits per heavy atom. The van der Waals surface area contributed by atoms with E-state index in [0.29, 0.717) is 6.10 Å². The van der Waals surface area contributed by atoms with E-state index in [1.165, 1.54) is 37.7 Å². The van der Waals surface area contributed by atoms with Crippen molar-refractivity contribution in [3.63, 3.8) is 0 Å². The minimum Gasteiger partial charge on any atom is -0.368 e. The Kier molecular flexibility index (Phi) is 4.26. The Morgan fingerprint density at radius 1 is 1.29 bits per heavy atom. The third-order valence-corrected chi connectivity index (χ3v) is 4.73. The first-order valence-corrected chi connectivity index (χ1v) is 7.76. The lowest BCUT2D eigenvalue weighted by Gasteiger charge is -2.35. The van der Waals surface area contributed by atoms with Gasteiger partial charge in [0.2, 0.25) is 0 Å². The summed E-state index contributed by atoms with van der Waals surface area (Å²) in [7, 11) is 0. The second kappa shape index (κ2) is 5.53. The first kappa shape index (κ1) is 13.1. The maximum atomic E-state index is 6.32. The Balaban J connectivity index is 1.89. The molecule has 2 rings (SSSR count). The second-order valence-corrected chi connectivity index (χ2v) is 6.47. The predicted octanol–water partition coefficient (Wildman–Crippen LogP) is 4.97. The van der Waals surface area contributed by atoms with Crippen LogP contribution in [0.4, 0.5) is 0 Å². The molecular weight excluding hydrogens is 228 g/mol. The number of thiophene rings is 1. The smallest absolute Gasteiger partial charge is 0.0887 e. The number of ether oxygens (including phenoxy) is 1. The normalized spacial score (nSPS) is 26.1. The molecule has 2 heteroatoms. The van der Waals surface area contributed by atoms with E-state index in [0.717, 1.165) is 5.92 Å². The van der Waals surface area contributed by atoms with E-state index < -0.39 is 0 Å². The quantitative estimate of drug-likeness (QED) is 0.735. The van der Waals surface area contributed by atoms with Crippen LogP contribution in [0.25, 0.3) is 0 Å². The van der Waals surface area contributed by atoms with E-state index in [9.17, 15) is 0 Å². The van der Waals surface area contributed by atoms with Crippen molar-refractivity contribution in [2.75, 3.05) is 0 Å². The molecule has 0 bridgehead atoms. The molecule has 0 spiro atoms. The monoisotopic (exact) mass is 252 g/mol. The molecule has 0 aliphatic heterocycles. The van der Waals surface area contributed by atoms with Crippen molar-refractivity contribution in [1.29, 1.82) is 0 Å². The fourth-order valence-electron chi connectivity index (χ4n) is 2.75. The topological polar surface area (TPSA) is 9.23 Å². The van der Waals surface area contributed by atoms with E-state index >= 15 is 0 Å².